The average molecular weight is 448 g/mol. The Hall–Kier alpha value is -1.62. The van der Waals surface area contributed by atoms with E-state index >= 15 is 0 Å². The zero-order valence-electron chi connectivity index (χ0n) is 20.2. The number of aryl methyl sites for hydroxylation is 1. The van der Waals surface area contributed by atoms with Crippen molar-refractivity contribution < 1.29 is 19.4 Å². The molecule has 2 aliphatic carbocycles. The van der Waals surface area contributed by atoms with E-state index < -0.39 is 5.97 Å². The fourth-order valence-electron chi connectivity index (χ4n) is 5.71. The van der Waals surface area contributed by atoms with Gasteiger partial charge in [-0.2, -0.15) is 0 Å². The highest BCUT2D eigenvalue weighted by Crippen LogP contribution is 2.37. The van der Waals surface area contributed by atoms with Gasteiger partial charge in [0.25, 0.3) is 0 Å². The Kier molecular flexibility index (Phi) is 8.98. The molecule has 2 fully saturated rings. The number of nitrogens with zero attached hydrogens (tertiary/aromatic N) is 1. The van der Waals surface area contributed by atoms with Gasteiger partial charge in [-0.15, -0.1) is 0 Å². The van der Waals surface area contributed by atoms with Gasteiger partial charge in [0.1, 0.15) is 0 Å². The largest absolute Gasteiger partial charge is 0.481 e. The molecule has 4 rings (SSSR count). The lowest BCUT2D eigenvalue weighted by atomic mass is 9.72. The molecule has 1 aromatic carbocycles. The highest BCUT2D eigenvalue weighted by molar-refractivity contribution is 5.70. The number of carboxylic acids is 1. The van der Waals surface area contributed by atoms with E-state index in [4.69, 9.17) is 5.11 Å². The molecule has 1 saturated carbocycles. The molecule has 0 spiro atoms. The fourth-order valence-corrected chi connectivity index (χ4v) is 5.71. The molecule has 3 aliphatic rings. The maximum absolute atomic E-state index is 12.2. The lowest BCUT2D eigenvalue weighted by Gasteiger charge is -2.34. The Morgan fingerprint density at radius 2 is 1.75 bits per heavy atom. The van der Waals surface area contributed by atoms with Crippen molar-refractivity contribution in [3.8, 4) is 5.75 Å². The van der Waals surface area contributed by atoms with Gasteiger partial charge in [0, 0.05) is 11.1 Å². The van der Waals surface area contributed by atoms with Crippen LogP contribution in [0.25, 0.3) is 0 Å². The normalized spacial score (nSPS) is 23.1. The number of fused-ring (bicyclic) bond motifs is 1. The summed E-state index contributed by atoms with van der Waals surface area (Å²) >= 11 is 0. The lowest BCUT2D eigenvalue weighted by molar-refractivity contribution is -0.143. The summed E-state index contributed by atoms with van der Waals surface area (Å²) in [7, 11) is 0. The monoisotopic (exact) mass is 447 g/mol. The van der Waals surface area contributed by atoms with Crippen LogP contribution in [0.15, 0.2) is 18.2 Å². The SMILES string of the molecule is CC(C)(C)C1CCCCC1.O=C(O)C1CCN(CC2CCc3cc(OF)ccc3C2)CC1. The van der Waals surface area contributed by atoms with Crippen molar-refractivity contribution in [2.75, 3.05) is 19.6 Å². The van der Waals surface area contributed by atoms with Gasteiger partial charge in [-0.25, -0.2) is 0 Å². The number of benzene rings is 1. The van der Waals surface area contributed by atoms with Gasteiger partial charge in [-0.05, 0) is 98.5 Å². The number of hydrogen-bond donors (Lipinski definition) is 1. The first kappa shape index (κ1) is 25.0. The van der Waals surface area contributed by atoms with Crippen molar-refractivity contribution in [3.05, 3.63) is 29.3 Å². The predicted molar refractivity (Wildman–Crippen MR) is 127 cm³/mol. The summed E-state index contributed by atoms with van der Waals surface area (Å²) in [6.07, 6.45) is 12.0. The minimum Gasteiger partial charge on any atom is -0.481 e. The number of carbonyl (C=O) groups is 1. The number of likely N-dealkylation sites (tertiary alicyclic amines) is 1. The van der Waals surface area contributed by atoms with Crippen molar-refractivity contribution in [1.82, 2.24) is 4.90 Å². The van der Waals surface area contributed by atoms with E-state index in [-0.39, 0.29) is 11.7 Å². The molecule has 0 bridgehead atoms. The molecule has 1 aliphatic heterocycles. The molecule has 32 heavy (non-hydrogen) atoms. The van der Waals surface area contributed by atoms with E-state index in [0.717, 1.165) is 57.7 Å². The average Bonchev–Trinajstić information content (AvgIpc) is 2.79. The molecule has 1 saturated heterocycles. The molecule has 5 heteroatoms. The molecule has 1 atom stereocenters. The summed E-state index contributed by atoms with van der Waals surface area (Å²) < 4.78 is 12.2. The quantitative estimate of drug-likeness (QED) is 0.575. The van der Waals surface area contributed by atoms with Gasteiger partial charge >= 0.3 is 5.97 Å². The second-order valence-corrected chi connectivity index (χ2v) is 11.2. The fraction of sp³-hybridized carbons (Fsp3) is 0.741. The Balaban J connectivity index is 0.000000243. The zero-order chi connectivity index (χ0) is 23.1. The van der Waals surface area contributed by atoms with Crippen LogP contribution in [0.3, 0.4) is 0 Å². The first-order chi connectivity index (χ1) is 15.3. The summed E-state index contributed by atoms with van der Waals surface area (Å²) in [5.74, 6) is 1.07. The third-order valence-corrected chi connectivity index (χ3v) is 7.88. The molecule has 0 amide bonds. The van der Waals surface area contributed by atoms with Crippen LogP contribution in [-0.2, 0) is 17.6 Å². The van der Waals surface area contributed by atoms with Crippen LogP contribution in [0.4, 0.5) is 4.53 Å². The second-order valence-electron chi connectivity index (χ2n) is 11.2. The Bertz CT molecular complexity index is 731. The maximum Gasteiger partial charge on any atom is 0.306 e. The minimum atomic E-state index is -0.655. The summed E-state index contributed by atoms with van der Waals surface area (Å²) in [6.45, 7) is 9.94. The number of piperidine rings is 1. The molecule has 4 nitrogen and oxygen atoms in total. The first-order valence-electron chi connectivity index (χ1n) is 12.6. The van der Waals surface area contributed by atoms with E-state index in [0.29, 0.717) is 11.3 Å². The van der Waals surface area contributed by atoms with E-state index in [1.807, 2.05) is 6.07 Å². The highest BCUT2D eigenvalue weighted by Gasteiger charge is 2.27. The van der Waals surface area contributed by atoms with Crippen LogP contribution in [0.1, 0.15) is 83.3 Å². The van der Waals surface area contributed by atoms with E-state index in [2.05, 4.69) is 30.6 Å². The number of aliphatic carboxylic acids is 1. The van der Waals surface area contributed by atoms with Crippen molar-refractivity contribution in [2.45, 2.75) is 85.0 Å². The Morgan fingerprint density at radius 1 is 1.06 bits per heavy atom. The summed E-state index contributed by atoms with van der Waals surface area (Å²) in [5.41, 5.74) is 3.05. The molecule has 1 aromatic rings. The Morgan fingerprint density at radius 3 is 2.31 bits per heavy atom. The van der Waals surface area contributed by atoms with E-state index in [1.54, 1.807) is 12.1 Å². The second kappa shape index (κ2) is 11.5. The van der Waals surface area contributed by atoms with Gasteiger partial charge < -0.3 is 10.0 Å². The van der Waals surface area contributed by atoms with Crippen molar-refractivity contribution in [3.63, 3.8) is 0 Å². The van der Waals surface area contributed by atoms with Gasteiger partial charge in [-0.3, -0.25) is 9.74 Å². The summed E-state index contributed by atoms with van der Waals surface area (Å²) in [4.78, 5) is 17.2. The van der Waals surface area contributed by atoms with Crippen LogP contribution in [0.2, 0.25) is 0 Å². The summed E-state index contributed by atoms with van der Waals surface area (Å²) in [6, 6.07) is 5.44. The van der Waals surface area contributed by atoms with E-state index in [1.165, 1.54) is 43.2 Å². The maximum atomic E-state index is 12.2. The van der Waals surface area contributed by atoms with Gasteiger partial charge in [0.2, 0.25) is 0 Å². The molecule has 1 unspecified atom stereocenters. The van der Waals surface area contributed by atoms with Crippen molar-refractivity contribution in [2.24, 2.45) is 23.2 Å². The number of rotatable bonds is 4. The highest BCUT2D eigenvalue weighted by atomic mass is 19.3. The van der Waals surface area contributed by atoms with Crippen LogP contribution in [0.5, 0.6) is 5.75 Å². The molecule has 1 heterocycles. The van der Waals surface area contributed by atoms with Crippen LogP contribution < -0.4 is 4.94 Å². The molecule has 0 radical (unpaired) electrons. The summed E-state index contributed by atoms with van der Waals surface area (Å²) in [5, 5.41) is 9.04. The third-order valence-electron chi connectivity index (χ3n) is 7.88. The predicted octanol–water partition coefficient (Wildman–Crippen LogP) is 6.46. The molecular formula is C27H42FNO3. The number of halogens is 1. The standard InChI is InChI=1S/C17H22FNO3.C10H20/c18-22-16-4-3-14-9-12(1-2-15(14)10-16)11-19-7-5-13(6-8-19)17(20)21;1-10(2,3)9-7-5-4-6-8-9/h3-4,10,12-13H,1-2,5-9,11H2,(H,20,21);9H,4-8H2,1-3H3. The first-order valence-corrected chi connectivity index (χ1v) is 12.6. The zero-order valence-corrected chi connectivity index (χ0v) is 20.2. The molecule has 180 valence electrons. The van der Waals surface area contributed by atoms with Crippen molar-refractivity contribution >= 4 is 5.97 Å². The topological polar surface area (TPSA) is 49.8 Å². The number of hydrogen-bond acceptors (Lipinski definition) is 3. The third kappa shape index (κ3) is 7.19. The molecular weight excluding hydrogens is 405 g/mol. The number of carboxylic acid groups (broad SMARTS) is 1. The lowest BCUT2D eigenvalue weighted by Crippen LogP contribution is -2.40. The minimum absolute atomic E-state index is 0.164. The van der Waals surface area contributed by atoms with Crippen LogP contribution in [-0.4, -0.2) is 35.6 Å². The van der Waals surface area contributed by atoms with Gasteiger partial charge in [0.15, 0.2) is 5.75 Å². The van der Waals surface area contributed by atoms with Gasteiger partial charge in [0.05, 0.1) is 5.92 Å². The van der Waals surface area contributed by atoms with Crippen LogP contribution in [0, 0.1) is 23.2 Å². The van der Waals surface area contributed by atoms with Crippen LogP contribution >= 0.6 is 0 Å². The smallest absolute Gasteiger partial charge is 0.306 e. The Labute approximate surface area is 193 Å². The molecule has 1 N–H and O–H groups in total. The molecule has 0 aromatic heterocycles. The van der Waals surface area contributed by atoms with Gasteiger partial charge in [-0.1, -0.05) is 46.1 Å². The van der Waals surface area contributed by atoms with E-state index in [9.17, 15) is 9.32 Å². The van der Waals surface area contributed by atoms with Crippen molar-refractivity contribution in [1.29, 1.82) is 0 Å².